The topological polar surface area (TPSA) is 45.2 Å². The predicted octanol–water partition coefficient (Wildman–Crippen LogP) is 3.96. The second kappa shape index (κ2) is 8.91. The van der Waals surface area contributed by atoms with Crippen molar-refractivity contribution >= 4 is 27.8 Å². The zero-order valence-corrected chi connectivity index (χ0v) is 13.2. The zero-order chi connectivity index (χ0) is 14.1. The number of nitrogens with one attached hydrogen (secondary N) is 1. The minimum atomic E-state index is -0.110. The Hall–Kier alpha value is -1.10. The monoisotopic (exact) mass is 327 g/mol. The summed E-state index contributed by atoms with van der Waals surface area (Å²) in [5.74, 6) is 0.637. The summed E-state index contributed by atoms with van der Waals surface area (Å²) in [5.41, 5.74) is 0. The van der Waals surface area contributed by atoms with E-state index in [9.17, 15) is 4.79 Å². The first-order chi connectivity index (χ1) is 9.15. The number of hydrogen-bond donors (Lipinski definition) is 1. The van der Waals surface area contributed by atoms with Crippen molar-refractivity contribution in [3.63, 3.8) is 0 Å². The van der Waals surface area contributed by atoms with Crippen LogP contribution in [0.1, 0.15) is 39.0 Å². The minimum Gasteiger partial charge on any atom is -0.338 e. The SMILES string of the molecule is CCCCCCCNC(=O)N(C)c1cccc(Br)n1. The lowest BCUT2D eigenvalue weighted by atomic mass is 10.1. The fourth-order valence-corrected chi connectivity index (χ4v) is 2.07. The van der Waals surface area contributed by atoms with E-state index in [1.54, 1.807) is 7.05 Å². The number of aromatic nitrogens is 1. The van der Waals surface area contributed by atoms with Crippen molar-refractivity contribution in [1.82, 2.24) is 10.3 Å². The molecule has 0 saturated carbocycles. The molecule has 1 rings (SSSR count). The number of hydrogen-bond acceptors (Lipinski definition) is 2. The van der Waals surface area contributed by atoms with E-state index in [-0.39, 0.29) is 6.03 Å². The van der Waals surface area contributed by atoms with Gasteiger partial charge in [0.1, 0.15) is 10.4 Å². The third-order valence-corrected chi connectivity index (χ3v) is 3.35. The van der Waals surface area contributed by atoms with Gasteiger partial charge >= 0.3 is 6.03 Å². The summed E-state index contributed by atoms with van der Waals surface area (Å²) < 4.78 is 0.726. The van der Waals surface area contributed by atoms with E-state index in [0.29, 0.717) is 5.82 Å². The van der Waals surface area contributed by atoms with Gasteiger partial charge in [0.25, 0.3) is 0 Å². The molecule has 5 heteroatoms. The first-order valence-electron chi connectivity index (χ1n) is 6.79. The van der Waals surface area contributed by atoms with Crippen molar-refractivity contribution in [2.75, 3.05) is 18.5 Å². The minimum absolute atomic E-state index is 0.110. The highest BCUT2D eigenvalue weighted by molar-refractivity contribution is 9.10. The second-order valence-corrected chi connectivity index (χ2v) is 5.34. The third-order valence-electron chi connectivity index (χ3n) is 2.91. The number of rotatable bonds is 7. The van der Waals surface area contributed by atoms with Gasteiger partial charge in [0.15, 0.2) is 0 Å². The number of nitrogens with zero attached hydrogens (tertiary/aromatic N) is 2. The number of amides is 2. The Balaban J connectivity index is 2.29. The standard InChI is InChI=1S/C14H22BrN3O/c1-3-4-5-6-7-11-16-14(19)18(2)13-10-8-9-12(15)17-13/h8-10H,3-7,11H2,1-2H3,(H,16,19). The van der Waals surface area contributed by atoms with Crippen molar-refractivity contribution in [3.8, 4) is 0 Å². The summed E-state index contributed by atoms with van der Waals surface area (Å²) in [4.78, 5) is 17.7. The Morgan fingerprint density at radius 1 is 1.32 bits per heavy atom. The molecule has 4 nitrogen and oxygen atoms in total. The van der Waals surface area contributed by atoms with Crippen LogP contribution in [0, 0.1) is 0 Å². The Labute approximate surface area is 123 Å². The van der Waals surface area contributed by atoms with Gasteiger partial charge in [0.05, 0.1) is 0 Å². The number of unbranched alkanes of at least 4 members (excludes halogenated alkanes) is 4. The van der Waals surface area contributed by atoms with Crippen LogP contribution in [0.5, 0.6) is 0 Å². The van der Waals surface area contributed by atoms with E-state index in [2.05, 4.69) is 33.2 Å². The molecule has 0 aliphatic heterocycles. The number of carbonyl (C=O) groups excluding carboxylic acids is 1. The van der Waals surface area contributed by atoms with E-state index in [0.717, 1.165) is 17.6 Å². The molecular formula is C14H22BrN3O. The quantitative estimate of drug-likeness (QED) is 0.608. The van der Waals surface area contributed by atoms with E-state index < -0.39 is 0 Å². The van der Waals surface area contributed by atoms with Crippen LogP contribution in [0.15, 0.2) is 22.8 Å². The highest BCUT2D eigenvalue weighted by atomic mass is 79.9. The van der Waals surface area contributed by atoms with Crippen LogP contribution in [0.25, 0.3) is 0 Å². The highest BCUT2D eigenvalue weighted by Gasteiger charge is 2.11. The molecule has 1 heterocycles. The number of anilines is 1. The van der Waals surface area contributed by atoms with Crippen molar-refractivity contribution in [3.05, 3.63) is 22.8 Å². The molecule has 0 fully saturated rings. The number of pyridine rings is 1. The first kappa shape index (κ1) is 16.0. The summed E-state index contributed by atoms with van der Waals surface area (Å²) in [5, 5.41) is 2.91. The van der Waals surface area contributed by atoms with Gasteiger partial charge in [-0.05, 0) is 34.5 Å². The van der Waals surface area contributed by atoms with Gasteiger partial charge in [0, 0.05) is 13.6 Å². The molecule has 0 aromatic carbocycles. The van der Waals surface area contributed by atoms with Crippen LogP contribution < -0.4 is 10.2 Å². The van der Waals surface area contributed by atoms with Crippen molar-refractivity contribution in [2.45, 2.75) is 39.0 Å². The molecule has 0 unspecified atom stereocenters. The molecular weight excluding hydrogens is 306 g/mol. The molecule has 1 aromatic rings. The summed E-state index contributed by atoms with van der Waals surface area (Å²) >= 11 is 3.30. The van der Waals surface area contributed by atoms with E-state index in [4.69, 9.17) is 0 Å². The summed E-state index contributed by atoms with van der Waals surface area (Å²) in [6.45, 7) is 2.92. The maximum Gasteiger partial charge on any atom is 0.322 e. The van der Waals surface area contributed by atoms with Gasteiger partial charge in [-0.1, -0.05) is 38.7 Å². The molecule has 1 N–H and O–H groups in total. The van der Waals surface area contributed by atoms with Crippen LogP contribution in [-0.4, -0.2) is 24.6 Å². The van der Waals surface area contributed by atoms with Gasteiger partial charge in [0.2, 0.25) is 0 Å². The fourth-order valence-electron chi connectivity index (χ4n) is 1.73. The molecule has 0 saturated heterocycles. The summed E-state index contributed by atoms with van der Waals surface area (Å²) in [6.07, 6.45) is 5.97. The molecule has 0 spiro atoms. The summed E-state index contributed by atoms with van der Waals surface area (Å²) in [6, 6.07) is 5.40. The first-order valence-corrected chi connectivity index (χ1v) is 7.58. The Morgan fingerprint density at radius 3 is 2.74 bits per heavy atom. The third kappa shape index (κ3) is 6.05. The molecule has 1 aromatic heterocycles. The van der Waals surface area contributed by atoms with E-state index >= 15 is 0 Å². The van der Waals surface area contributed by atoms with Crippen molar-refractivity contribution in [2.24, 2.45) is 0 Å². The molecule has 0 bridgehead atoms. The maximum absolute atomic E-state index is 11.9. The van der Waals surface area contributed by atoms with Gasteiger partial charge in [-0.25, -0.2) is 9.78 Å². The molecule has 0 radical (unpaired) electrons. The van der Waals surface area contributed by atoms with E-state index in [1.165, 1.54) is 30.6 Å². The van der Waals surface area contributed by atoms with Crippen LogP contribution in [-0.2, 0) is 0 Å². The lowest BCUT2D eigenvalue weighted by Gasteiger charge is -2.17. The Kier molecular flexibility index (Phi) is 7.48. The van der Waals surface area contributed by atoms with Gasteiger partial charge < -0.3 is 5.32 Å². The predicted molar refractivity (Wildman–Crippen MR) is 82.5 cm³/mol. The van der Waals surface area contributed by atoms with E-state index in [1.807, 2.05) is 18.2 Å². The fraction of sp³-hybridized carbons (Fsp3) is 0.571. The Morgan fingerprint density at radius 2 is 2.05 bits per heavy atom. The summed E-state index contributed by atoms with van der Waals surface area (Å²) in [7, 11) is 1.72. The van der Waals surface area contributed by atoms with Crippen LogP contribution in [0.4, 0.5) is 10.6 Å². The largest absolute Gasteiger partial charge is 0.338 e. The van der Waals surface area contributed by atoms with Crippen LogP contribution in [0.2, 0.25) is 0 Å². The molecule has 106 valence electrons. The van der Waals surface area contributed by atoms with Crippen molar-refractivity contribution < 1.29 is 4.79 Å². The van der Waals surface area contributed by atoms with Gasteiger partial charge in [-0.15, -0.1) is 0 Å². The van der Waals surface area contributed by atoms with Gasteiger partial charge in [-0.2, -0.15) is 0 Å². The second-order valence-electron chi connectivity index (χ2n) is 4.52. The van der Waals surface area contributed by atoms with Gasteiger partial charge in [-0.3, -0.25) is 4.90 Å². The molecule has 2 amide bonds. The Bertz CT molecular complexity index is 398. The lowest BCUT2D eigenvalue weighted by molar-refractivity contribution is 0.247. The molecule has 0 aliphatic carbocycles. The highest BCUT2D eigenvalue weighted by Crippen LogP contribution is 2.13. The van der Waals surface area contributed by atoms with Crippen molar-refractivity contribution in [1.29, 1.82) is 0 Å². The van der Waals surface area contributed by atoms with Crippen LogP contribution >= 0.6 is 15.9 Å². The number of carbonyl (C=O) groups is 1. The maximum atomic E-state index is 11.9. The van der Waals surface area contributed by atoms with Crippen LogP contribution in [0.3, 0.4) is 0 Å². The lowest BCUT2D eigenvalue weighted by Crippen LogP contribution is -2.38. The number of halogens is 1. The molecule has 19 heavy (non-hydrogen) atoms. The average Bonchev–Trinajstić information content (AvgIpc) is 2.41. The molecule has 0 atom stereocenters. The normalized spacial score (nSPS) is 10.3. The smallest absolute Gasteiger partial charge is 0.322 e. The number of urea groups is 1. The zero-order valence-electron chi connectivity index (χ0n) is 11.7. The average molecular weight is 328 g/mol. The molecule has 0 aliphatic rings.